The fourth-order valence-corrected chi connectivity index (χ4v) is 4.63. The molecule has 170 valence electrons. The van der Waals surface area contributed by atoms with Gasteiger partial charge in [-0.25, -0.2) is 8.42 Å². The molecule has 3 aromatic rings. The van der Waals surface area contributed by atoms with E-state index in [1.54, 1.807) is 49.4 Å². The summed E-state index contributed by atoms with van der Waals surface area (Å²) in [7, 11) is -2.38. The number of nitrogens with one attached hydrogen (secondary N) is 3. The molecule has 0 unspecified atom stereocenters. The summed E-state index contributed by atoms with van der Waals surface area (Å²) in [6.07, 6.45) is 0.985. The number of benzene rings is 3. The minimum atomic E-state index is -3.91. The van der Waals surface area contributed by atoms with E-state index in [0.29, 0.717) is 35.5 Å². The van der Waals surface area contributed by atoms with E-state index in [1.807, 2.05) is 6.07 Å². The highest BCUT2D eigenvalue weighted by Gasteiger charge is 2.20. The van der Waals surface area contributed by atoms with Crippen molar-refractivity contribution in [2.24, 2.45) is 0 Å². The van der Waals surface area contributed by atoms with Gasteiger partial charge in [0.05, 0.1) is 12.0 Å². The van der Waals surface area contributed by atoms with Crippen LogP contribution in [0.5, 0.6) is 5.75 Å². The summed E-state index contributed by atoms with van der Waals surface area (Å²) in [5.74, 6) is 0.154. The van der Waals surface area contributed by atoms with Crippen molar-refractivity contribution in [3.63, 3.8) is 0 Å². The molecule has 0 fully saturated rings. The molecule has 1 aliphatic heterocycles. The molecule has 0 saturated carbocycles. The fraction of sp³-hybridized carbons (Fsp3) is 0.167. The van der Waals surface area contributed by atoms with Gasteiger partial charge in [0.1, 0.15) is 5.75 Å². The minimum Gasteiger partial charge on any atom is -0.497 e. The second-order valence-electron chi connectivity index (χ2n) is 7.68. The highest BCUT2D eigenvalue weighted by atomic mass is 32.2. The fourth-order valence-electron chi connectivity index (χ4n) is 3.55. The Morgan fingerprint density at radius 1 is 0.970 bits per heavy atom. The van der Waals surface area contributed by atoms with Gasteiger partial charge in [0.25, 0.3) is 15.9 Å². The first kappa shape index (κ1) is 22.3. The van der Waals surface area contributed by atoms with Gasteiger partial charge in [0.2, 0.25) is 5.91 Å². The van der Waals surface area contributed by atoms with Crippen molar-refractivity contribution >= 4 is 38.9 Å². The lowest BCUT2D eigenvalue weighted by Gasteiger charge is -2.18. The predicted molar refractivity (Wildman–Crippen MR) is 126 cm³/mol. The van der Waals surface area contributed by atoms with Crippen LogP contribution < -0.4 is 20.1 Å². The zero-order valence-electron chi connectivity index (χ0n) is 18.1. The summed E-state index contributed by atoms with van der Waals surface area (Å²) >= 11 is 0. The number of ether oxygens (including phenoxy) is 1. The summed E-state index contributed by atoms with van der Waals surface area (Å²) in [6, 6.07) is 16.2. The smallest absolute Gasteiger partial charge is 0.261 e. The van der Waals surface area contributed by atoms with Crippen molar-refractivity contribution in [1.82, 2.24) is 0 Å². The second-order valence-corrected chi connectivity index (χ2v) is 9.37. The molecule has 0 aromatic heterocycles. The van der Waals surface area contributed by atoms with Crippen molar-refractivity contribution in [3.05, 3.63) is 77.4 Å². The first-order chi connectivity index (χ1) is 15.7. The number of anilines is 3. The number of carbonyl (C=O) groups excluding carboxylic acids is 2. The lowest BCUT2D eigenvalue weighted by Crippen LogP contribution is -2.20. The van der Waals surface area contributed by atoms with E-state index in [0.717, 1.165) is 11.3 Å². The molecule has 9 heteroatoms. The van der Waals surface area contributed by atoms with Gasteiger partial charge >= 0.3 is 0 Å². The molecule has 2 amide bonds. The number of carbonyl (C=O) groups is 2. The average Bonchev–Trinajstić information content (AvgIpc) is 2.79. The van der Waals surface area contributed by atoms with E-state index < -0.39 is 15.9 Å². The van der Waals surface area contributed by atoms with Crippen LogP contribution in [0.25, 0.3) is 0 Å². The van der Waals surface area contributed by atoms with Gasteiger partial charge in [0, 0.05) is 29.0 Å². The van der Waals surface area contributed by atoms with Crippen LogP contribution in [0, 0.1) is 6.92 Å². The van der Waals surface area contributed by atoms with Gasteiger partial charge in [-0.3, -0.25) is 14.3 Å². The third-order valence-corrected chi connectivity index (χ3v) is 6.74. The van der Waals surface area contributed by atoms with Crippen molar-refractivity contribution in [2.75, 3.05) is 22.5 Å². The number of amides is 2. The van der Waals surface area contributed by atoms with Crippen molar-refractivity contribution in [1.29, 1.82) is 0 Å². The van der Waals surface area contributed by atoms with Crippen LogP contribution in [0.1, 0.15) is 27.9 Å². The Balaban J connectivity index is 1.55. The van der Waals surface area contributed by atoms with E-state index in [-0.39, 0.29) is 16.4 Å². The van der Waals surface area contributed by atoms with Crippen molar-refractivity contribution in [3.8, 4) is 5.75 Å². The van der Waals surface area contributed by atoms with E-state index >= 15 is 0 Å². The minimum absolute atomic E-state index is 0.0257. The number of fused-ring (bicyclic) bond motifs is 1. The average molecular weight is 466 g/mol. The predicted octanol–water partition coefficient (Wildman–Crippen LogP) is 3.94. The summed E-state index contributed by atoms with van der Waals surface area (Å²) in [4.78, 5) is 24.5. The maximum Gasteiger partial charge on any atom is 0.261 e. The summed E-state index contributed by atoms with van der Waals surface area (Å²) in [5, 5.41) is 5.62. The summed E-state index contributed by atoms with van der Waals surface area (Å²) in [5.41, 5.74) is 3.50. The van der Waals surface area contributed by atoms with Gasteiger partial charge in [-0.2, -0.15) is 0 Å². The van der Waals surface area contributed by atoms with Crippen LogP contribution in [0.2, 0.25) is 0 Å². The summed E-state index contributed by atoms with van der Waals surface area (Å²) in [6.45, 7) is 1.74. The maximum absolute atomic E-state index is 13.0. The number of methoxy groups -OCH3 is 1. The lowest BCUT2D eigenvalue weighted by molar-refractivity contribution is -0.116. The molecule has 4 rings (SSSR count). The molecule has 33 heavy (non-hydrogen) atoms. The quantitative estimate of drug-likeness (QED) is 0.510. The zero-order chi connectivity index (χ0) is 23.6. The Labute approximate surface area is 192 Å². The molecule has 1 aliphatic rings. The first-order valence-electron chi connectivity index (χ1n) is 10.3. The lowest BCUT2D eigenvalue weighted by atomic mass is 10.0. The Hall–Kier alpha value is -3.85. The standard InChI is InChI=1S/C24H23N3O5S/c1-15-3-10-20(33(30,31)27-17-5-8-19(32-2)9-6-17)14-21(15)24(29)25-18-7-11-22-16(13-18)4-12-23(28)26-22/h3,5-11,13-14,27H,4,12H2,1-2H3,(H,25,29)(H,26,28). The highest BCUT2D eigenvalue weighted by molar-refractivity contribution is 7.92. The molecule has 3 aromatic carbocycles. The Morgan fingerprint density at radius 2 is 1.70 bits per heavy atom. The van der Waals surface area contributed by atoms with Crippen LogP contribution in [-0.2, 0) is 21.2 Å². The number of rotatable bonds is 6. The number of hydrogen-bond donors (Lipinski definition) is 3. The van der Waals surface area contributed by atoms with Crippen LogP contribution in [0.3, 0.4) is 0 Å². The van der Waals surface area contributed by atoms with E-state index in [1.165, 1.54) is 19.2 Å². The molecule has 3 N–H and O–H groups in total. The molecule has 0 aliphatic carbocycles. The topological polar surface area (TPSA) is 114 Å². The molecule has 0 atom stereocenters. The third kappa shape index (κ3) is 4.98. The maximum atomic E-state index is 13.0. The van der Waals surface area contributed by atoms with Gasteiger partial charge < -0.3 is 15.4 Å². The SMILES string of the molecule is COc1ccc(NS(=O)(=O)c2ccc(C)c(C(=O)Nc3ccc4c(c3)CCC(=O)N4)c2)cc1. The van der Waals surface area contributed by atoms with Crippen LogP contribution in [0.4, 0.5) is 17.1 Å². The zero-order valence-corrected chi connectivity index (χ0v) is 19.0. The molecule has 0 saturated heterocycles. The van der Waals surface area contributed by atoms with E-state index in [4.69, 9.17) is 4.74 Å². The third-order valence-electron chi connectivity index (χ3n) is 5.36. The summed E-state index contributed by atoms with van der Waals surface area (Å²) < 4.78 is 33.4. The number of aryl methyl sites for hydroxylation is 2. The molecular weight excluding hydrogens is 442 g/mol. The van der Waals surface area contributed by atoms with Crippen LogP contribution >= 0.6 is 0 Å². The van der Waals surface area contributed by atoms with Gasteiger partial charge in [-0.15, -0.1) is 0 Å². The molecular formula is C24H23N3O5S. The molecule has 1 heterocycles. The number of hydrogen-bond acceptors (Lipinski definition) is 5. The molecule has 0 bridgehead atoms. The van der Waals surface area contributed by atoms with E-state index in [2.05, 4.69) is 15.4 Å². The molecule has 0 spiro atoms. The van der Waals surface area contributed by atoms with Gasteiger partial charge in [-0.05, 0) is 79.1 Å². The van der Waals surface area contributed by atoms with Crippen molar-refractivity contribution in [2.45, 2.75) is 24.7 Å². The van der Waals surface area contributed by atoms with Gasteiger partial charge in [0.15, 0.2) is 0 Å². The Bertz CT molecular complexity index is 1330. The normalized spacial score (nSPS) is 13.0. The number of sulfonamides is 1. The van der Waals surface area contributed by atoms with Crippen molar-refractivity contribution < 1.29 is 22.7 Å². The van der Waals surface area contributed by atoms with E-state index in [9.17, 15) is 18.0 Å². The first-order valence-corrected chi connectivity index (χ1v) is 11.7. The Morgan fingerprint density at radius 3 is 2.42 bits per heavy atom. The molecule has 0 radical (unpaired) electrons. The van der Waals surface area contributed by atoms with Crippen LogP contribution in [-0.4, -0.2) is 27.3 Å². The Kier molecular flexibility index (Phi) is 6.06. The second kappa shape index (κ2) is 8.95. The highest BCUT2D eigenvalue weighted by Crippen LogP contribution is 2.27. The largest absolute Gasteiger partial charge is 0.497 e. The van der Waals surface area contributed by atoms with Gasteiger partial charge in [-0.1, -0.05) is 6.07 Å². The molecule has 8 nitrogen and oxygen atoms in total. The van der Waals surface area contributed by atoms with Crippen LogP contribution in [0.15, 0.2) is 65.6 Å². The monoisotopic (exact) mass is 465 g/mol.